The van der Waals surface area contributed by atoms with Gasteiger partial charge in [0.25, 0.3) is 17.6 Å². The second-order valence-electron chi connectivity index (χ2n) is 7.55. The molecule has 1 aromatic carbocycles. The quantitative estimate of drug-likeness (QED) is 0.362. The topological polar surface area (TPSA) is 128 Å². The largest absolute Gasteiger partial charge is 0.359 e. The predicted molar refractivity (Wildman–Crippen MR) is 115 cm³/mol. The Hall–Kier alpha value is -4.41. The van der Waals surface area contributed by atoms with Gasteiger partial charge in [-0.05, 0) is 12.1 Å². The first-order valence-corrected chi connectivity index (χ1v) is 10.2. The van der Waals surface area contributed by atoms with Crippen LogP contribution in [0.15, 0.2) is 48.9 Å². The fraction of sp³-hybridized carbons (Fsp3) is 0.182. The zero-order chi connectivity index (χ0) is 22.9. The lowest BCUT2D eigenvalue weighted by atomic mass is 10.1. The molecule has 4 heterocycles. The molecule has 33 heavy (non-hydrogen) atoms. The predicted octanol–water partition coefficient (Wildman–Crippen LogP) is 1.65. The number of H-pyrrole nitrogens is 2. The van der Waals surface area contributed by atoms with Crippen LogP contribution in [-0.4, -0.2) is 79.0 Å². The van der Waals surface area contributed by atoms with Crippen LogP contribution in [0.5, 0.6) is 0 Å². The van der Waals surface area contributed by atoms with Crippen LogP contribution in [0.1, 0.15) is 20.7 Å². The number of carbonyl (C=O) groups is 3. The standard InChI is InChI=1S/C22H18FN7O3/c23-15-11-25-18(16-12-26-28-27-16)19-17(15)14(10-24-19)20(31)22(33)30-8-6-29(7-9-30)21(32)13-4-2-1-3-5-13/h1-5,10-12,24H,6-9H2,(H,26,27,28). The van der Waals surface area contributed by atoms with Crippen LogP contribution in [0.4, 0.5) is 4.39 Å². The number of Topliss-reactive ketones (excluding diaryl/α,β-unsaturated/α-hetero) is 1. The minimum Gasteiger partial charge on any atom is -0.359 e. The van der Waals surface area contributed by atoms with Crippen molar-refractivity contribution in [2.45, 2.75) is 0 Å². The monoisotopic (exact) mass is 447 g/mol. The van der Waals surface area contributed by atoms with Crippen molar-refractivity contribution < 1.29 is 18.8 Å². The van der Waals surface area contributed by atoms with E-state index in [1.54, 1.807) is 29.2 Å². The van der Waals surface area contributed by atoms with Crippen LogP contribution >= 0.6 is 0 Å². The van der Waals surface area contributed by atoms with Crippen molar-refractivity contribution in [1.82, 2.24) is 35.2 Å². The van der Waals surface area contributed by atoms with E-state index < -0.39 is 17.5 Å². The first-order chi connectivity index (χ1) is 16.0. The molecule has 0 unspecified atom stereocenters. The second kappa shape index (κ2) is 8.26. The minimum absolute atomic E-state index is 0.0285. The van der Waals surface area contributed by atoms with Crippen molar-refractivity contribution in [3.63, 3.8) is 0 Å². The molecule has 1 aliphatic heterocycles. The molecule has 1 aliphatic rings. The van der Waals surface area contributed by atoms with E-state index in [0.717, 1.165) is 6.20 Å². The summed E-state index contributed by atoms with van der Waals surface area (Å²) in [4.78, 5) is 48.4. The zero-order valence-electron chi connectivity index (χ0n) is 17.3. The molecule has 0 saturated carbocycles. The van der Waals surface area contributed by atoms with Crippen molar-refractivity contribution in [2.75, 3.05) is 26.2 Å². The Bertz CT molecular complexity index is 1340. The molecule has 166 valence electrons. The Labute approximate surface area is 186 Å². The molecular weight excluding hydrogens is 429 g/mol. The van der Waals surface area contributed by atoms with E-state index in [-0.39, 0.29) is 35.5 Å². The van der Waals surface area contributed by atoms with E-state index in [9.17, 15) is 18.8 Å². The minimum atomic E-state index is -0.833. The zero-order valence-corrected chi connectivity index (χ0v) is 17.3. The second-order valence-corrected chi connectivity index (χ2v) is 7.55. The summed E-state index contributed by atoms with van der Waals surface area (Å²) in [5.41, 5.74) is 1.41. The Kier molecular flexibility index (Phi) is 5.13. The number of rotatable bonds is 4. The molecule has 0 bridgehead atoms. The fourth-order valence-corrected chi connectivity index (χ4v) is 3.93. The molecule has 2 N–H and O–H groups in total. The SMILES string of the molecule is O=C(C(=O)N1CCN(C(=O)c2ccccc2)CC1)c1c[nH]c2c(-c3c[nH]nn3)ncc(F)c12. The highest BCUT2D eigenvalue weighted by molar-refractivity contribution is 6.45. The number of aromatic amines is 2. The number of hydrogen-bond acceptors (Lipinski definition) is 6. The van der Waals surface area contributed by atoms with E-state index in [0.29, 0.717) is 30.0 Å². The average molecular weight is 447 g/mol. The first-order valence-electron chi connectivity index (χ1n) is 10.2. The normalized spacial score (nSPS) is 14.0. The number of amides is 2. The molecule has 0 spiro atoms. The molecule has 4 aromatic rings. The summed E-state index contributed by atoms with van der Waals surface area (Å²) < 4.78 is 14.6. The first kappa shape index (κ1) is 20.5. The molecule has 0 atom stereocenters. The highest BCUT2D eigenvalue weighted by atomic mass is 19.1. The molecule has 5 rings (SSSR count). The van der Waals surface area contributed by atoms with E-state index in [2.05, 4.69) is 25.4 Å². The smallest absolute Gasteiger partial charge is 0.295 e. The van der Waals surface area contributed by atoms with Crippen molar-refractivity contribution in [3.05, 3.63) is 65.9 Å². The van der Waals surface area contributed by atoms with E-state index in [4.69, 9.17) is 0 Å². The lowest BCUT2D eigenvalue weighted by Crippen LogP contribution is -2.52. The third-order valence-corrected chi connectivity index (χ3v) is 5.64. The molecule has 11 heteroatoms. The molecular formula is C22H18FN7O3. The number of ketones is 1. The average Bonchev–Trinajstić information content (AvgIpc) is 3.55. The number of nitrogens with zero attached hydrogens (tertiary/aromatic N) is 5. The third kappa shape index (κ3) is 3.63. The number of hydrogen-bond donors (Lipinski definition) is 2. The molecule has 1 saturated heterocycles. The summed E-state index contributed by atoms with van der Waals surface area (Å²) in [6.45, 7) is 1.02. The molecule has 2 amide bonds. The molecule has 1 fully saturated rings. The number of carbonyl (C=O) groups excluding carboxylic acids is 3. The van der Waals surface area contributed by atoms with Gasteiger partial charge in [-0.1, -0.05) is 23.4 Å². The number of pyridine rings is 1. The maximum atomic E-state index is 14.6. The molecule has 10 nitrogen and oxygen atoms in total. The van der Waals surface area contributed by atoms with Gasteiger partial charge in [0, 0.05) is 37.9 Å². The summed E-state index contributed by atoms with van der Waals surface area (Å²) in [5.74, 6) is -2.43. The summed E-state index contributed by atoms with van der Waals surface area (Å²) >= 11 is 0. The van der Waals surface area contributed by atoms with E-state index >= 15 is 0 Å². The summed E-state index contributed by atoms with van der Waals surface area (Å²) in [6.07, 6.45) is 3.77. The lowest BCUT2D eigenvalue weighted by molar-refractivity contribution is -0.127. The Morgan fingerprint density at radius 1 is 0.970 bits per heavy atom. The number of aromatic nitrogens is 5. The van der Waals surface area contributed by atoms with Crippen LogP contribution in [0.2, 0.25) is 0 Å². The highest BCUT2D eigenvalue weighted by Gasteiger charge is 2.31. The number of halogens is 1. The van der Waals surface area contributed by atoms with Gasteiger partial charge >= 0.3 is 0 Å². The van der Waals surface area contributed by atoms with Crippen LogP contribution in [0, 0.1) is 5.82 Å². The van der Waals surface area contributed by atoms with Crippen molar-refractivity contribution in [3.8, 4) is 11.4 Å². The molecule has 3 aromatic heterocycles. The maximum Gasteiger partial charge on any atom is 0.295 e. The van der Waals surface area contributed by atoms with Crippen molar-refractivity contribution in [2.24, 2.45) is 0 Å². The van der Waals surface area contributed by atoms with Gasteiger partial charge < -0.3 is 14.8 Å². The van der Waals surface area contributed by atoms with Gasteiger partial charge in [0.15, 0.2) is 5.82 Å². The maximum absolute atomic E-state index is 14.6. The van der Waals surface area contributed by atoms with Gasteiger partial charge in [-0.25, -0.2) is 9.37 Å². The van der Waals surface area contributed by atoms with Gasteiger partial charge in [0.05, 0.1) is 28.9 Å². The van der Waals surface area contributed by atoms with Crippen LogP contribution in [0.25, 0.3) is 22.3 Å². The van der Waals surface area contributed by atoms with E-state index in [1.807, 2.05) is 6.07 Å². The fourth-order valence-electron chi connectivity index (χ4n) is 3.93. The van der Waals surface area contributed by atoms with Gasteiger partial charge in [-0.2, -0.15) is 0 Å². The molecule has 0 radical (unpaired) electrons. The van der Waals surface area contributed by atoms with Crippen LogP contribution < -0.4 is 0 Å². The van der Waals surface area contributed by atoms with Gasteiger partial charge in [-0.3, -0.25) is 19.5 Å². The van der Waals surface area contributed by atoms with Gasteiger partial charge in [0.1, 0.15) is 11.4 Å². The number of fused-ring (bicyclic) bond motifs is 1. The lowest BCUT2D eigenvalue weighted by Gasteiger charge is -2.34. The van der Waals surface area contributed by atoms with Crippen LogP contribution in [-0.2, 0) is 4.79 Å². The Balaban J connectivity index is 1.34. The van der Waals surface area contributed by atoms with Crippen LogP contribution in [0.3, 0.4) is 0 Å². The van der Waals surface area contributed by atoms with Gasteiger partial charge in [-0.15, -0.1) is 5.10 Å². The number of nitrogens with one attached hydrogen (secondary N) is 2. The van der Waals surface area contributed by atoms with E-state index in [1.165, 1.54) is 17.3 Å². The Morgan fingerprint density at radius 2 is 1.70 bits per heavy atom. The summed E-state index contributed by atoms with van der Waals surface area (Å²) in [7, 11) is 0. The highest BCUT2D eigenvalue weighted by Crippen LogP contribution is 2.29. The van der Waals surface area contributed by atoms with Crippen molar-refractivity contribution in [1.29, 1.82) is 0 Å². The number of piperazine rings is 1. The summed E-state index contributed by atoms with van der Waals surface area (Å²) in [6, 6.07) is 8.87. The number of benzene rings is 1. The third-order valence-electron chi connectivity index (χ3n) is 5.64. The summed E-state index contributed by atoms with van der Waals surface area (Å²) in [5, 5.41) is 10.0. The molecule has 0 aliphatic carbocycles. The van der Waals surface area contributed by atoms with Gasteiger partial charge in [0.2, 0.25) is 0 Å². The Morgan fingerprint density at radius 3 is 2.39 bits per heavy atom. The van der Waals surface area contributed by atoms with Crippen molar-refractivity contribution >= 4 is 28.5 Å².